The molecule has 0 bridgehead atoms. The fraction of sp³-hybridized carbons (Fsp3) is 0.364. The molecule has 19 heavy (non-hydrogen) atoms. The van der Waals surface area contributed by atoms with Gasteiger partial charge in [0.05, 0.1) is 12.8 Å². The van der Waals surface area contributed by atoms with Crippen molar-refractivity contribution in [2.45, 2.75) is 19.1 Å². The molecule has 1 aliphatic heterocycles. The van der Waals surface area contributed by atoms with Gasteiger partial charge in [-0.2, -0.15) is 11.3 Å². The number of nitrogens with zero attached hydrogens (tertiary/aromatic N) is 1. The van der Waals surface area contributed by atoms with E-state index in [2.05, 4.69) is 5.43 Å². The lowest BCUT2D eigenvalue weighted by Crippen LogP contribution is -2.62. The molecule has 0 aromatic carbocycles. The fourth-order valence-electron chi connectivity index (χ4n) is 1.57. The number of carboxylic acids is 1. The highest BCUT2D eigenvalue weighted by Crippen LogP contribution is 2.17. The molecule has 7 nitrogen and oxygen atoms in total. The van der Waals surface area contributed by atoms with E-state index in [4.69, 9.17) is 9.84 Å². The number of thiophene rings is 1. The van der Waals surface area contributed by atoms with Crippen LogP contribution < -0.4 is 5.43 Å². The van der Waals surface area contributed by atoms with Crippen LogP contribution in [0.25, 0.3) is 0 Å². The topological polar surface area (TPSA) is 95.9 Å². The minimum Gasteiger partial charge on any atom is -0.480 e. The molecule has 1 saturated heterocycles. The van der Waals surface area contributed by atoms with Crippen LogP contribution in [-0.2, 0) is 25.5 Å². The van der Waals surface area contributed by atoms with E-state index in [9.17, 15) is 14.4 Å². The predicted octanol–water partition coefficient (Wildman–Crippen LogP) is -0.0186. The molecule has 102 valence electrons. The third-order valence-electron chi connectivity index (χ3n) is 2.50. The van der Waals surface area contributed by atoms with Crippen LogP contribution in [-0.4, -0.2) is 40.7 Å². The number of hydrazine groups is 1. The number of hydrogen-bond donors (Lipinski definition) is 2. The maximum atomic E-state index is 11.7. The SMILES string of the molecule is O=C(O)COC1CC(=O)N1NC(=O)Cc1ccsc1. The molecule has 1 aromatic heterocycles. The Morgan fingerprint density at radius 2 is 2.37 bits per heavy atom. The number of rotatable bonds is 6. The Bertz CT molecular complexity index is 487. The van der Waals surface area contributed by atoms with Crippen molar-refractivity contribution < 1.29 is 24.2 Å². The first-order valence-corrected chi connectivity index (χ1v) is 6.46. The molecule has 2 amide bonds. The second-order valence-corrected chi connectivity index (χ2v) is 4.75. The van der Waals surface area contributed by atoms with Crippen molar-refractivity contribution in [3.8, 4) is 0 Å². The van der Waals surface area contributed by atoms with Crippen LogP contribution in [0.3, 0.4) is 0 Å². The number of carboxylic acid groups (broad SMARTS) is 1. The standard InChI is InChI=1S/C11H12N2O5S/c14-8(3-7-1-2-19-6-7)12-13-9(15)4-10(13)18-5-11(16)17/h1-2,6,10H,3-5H2,(H,12,14)(H,16,17). The van der Waals surface area contributed by atoms with E-state index in [1.807, 2.05) is 16.8 Å². The number of β-lactam (4-membered cyclic amide) rings is 1. The minimum absolute atomic E-state index is 0.0754. The number of carbonyl (C=O) groups excluding carboxylic acids is 2. The Kier molecular flexibility index (Phi) is 4.13. The number of aliphatic carboxylic acids is 1. The van der Waals surface area contributed by atoms with Gasteiger partial charge in [-0.1, -0.05) is 0 Å². The summed E-state index contributed by atoms with van der Waals surface area (Å²) in [5, 5.41) is 13.2. The Morgan fingerprint density at radius 1 is 1.58 bits per heavy atom. The zero-order valence-corrected chi connectivity index (χ0v) is 10.7. The lowest BCUT2D eigenvalue weighted by atomic mass is 10.2. The van der Waals surface area contributed by atoms with Gasteiger partial charge in [-0.05, 0) is 22.4 Å². The van der Waals surface area contributed by atoms with E-state index in [1.165, 1.54) is 11.3 Å². The van der Waals surface area contributed by atoms with Crippen molar-refractivity contribution in [3.63, 3.8) is 0 Å². The van der Waals surface area contributed by atoms with Gasteiger partial charge < -0.3 is 9.84 Å². The predicted molar refractivity (Wildman–Crippen MR) is 65.0 cm³/mol. The van der Waals surface area contributed by atoms with Gasteiger partial charge in [-0.25, -0.2) is 9.80 Å². The third-order valence-corrected chi connectivity index (χ3v) is 3.23. The van der Waals surface area contributed by atoms with Crippen molar-refractivity contribution in [2.75, 3.05) is 6.61 Å². The molecule has 0 radical (unpaired) electrons. The molecule has 1 unspecified atom stereocenters. The Morgan fingerprint density at radius 3 is 2.95 bits per heavy atom. The quantitative estimate of drug-likeness (QED) is 0.716. The average molecular weight is 284 g/mol. The second kappa shape index (κ2) is 5.81. The monoisotopic (exact) mass is 284 g/mol. The van der Waals surface area contributed by atoms with Gasteiger partial charge in [0.2, 0.25) is 11.8 Å². The molecule has 0 saturated carbocycles. The molecule has 0 spiro atoms. The van der Waals surface area contributed by atoms with Crippen LogP contribution in [0, 0.1) is 0 Å². The van der Waals surface area contributed by atoms with Crippen LogP contribution >= 0.6 is 11.3 Å². The first-order valence-electron chi connectivity index (χ1n) is 5.52. The van der Waals surface area contributed by atoms with Gasteiger partial charge in [0.1, 0.15) is 6.61 Å². The van der Waals surface area contributed by atoms with E-state index >= 15 is 0 Å². The highest BCUT2D eigenvalue weighted by molar-refractivity contribution is 7.07. The summed E-state index contributed by atoms with van der Waals surface area (Å²) in [6.45, 7) is -0.505. The van der Waals surface area contributed by atoms with Crippen molar-refractivity contribution >= 4 is 29.1 Å². The molecule has 1 aliphatic rings. The summed E-state index contributed by atoms with van der Waals surface area (Å²) in [6, 6.07) is 1.82. The summed E-state index contributed by atoms with van der Waals surface area (Å²) in [5.41, 5.74) is 3.27. The molecule has 2 heterocycles. The Balaban J connectivity index is 1.81. The zero-order valence-electron chi connectivity index (χ0n) is 9.87. The summed E-state index contributed by atoms with van der Waals surface area (Å²) >= 11 is 1.48. The van der Waals surface area contributed by atoms with Gasteiger partial charge >= 0.3 is 5.97 Å². The number of amides is 2. The lowest BCUT2D eigenvalue weighted by molar-refractivity contribution is -0.190. The van der Waals surface area contributed by atoms with Gasteiger partial charge in [0.15, 0.2) is 6.23 Å². The normalized spacial score (nSPS) is 18.0. The largest absolute Gasteiger partial charge is 0.480 e. The first-order chi connectivity index (χ1) is 9.06. The van der Waals surface area contributed by atoms with Crippen LogP contribution in [0.4, 0.5) is 0 Å². The third kappa shape index (κ3) is 3.52. The molecule has 1 aromatic rings. The molecule has 0 aliphatic carbocycles. The number of nitrogens with one attached hydrogen (secondary N) is 1. The van der Waals surface area contributed by atoms with Crippen molar-refractivity contribution in [1.82, 2.24) is 10.4 Å². The van der Waals surface area contributed by atoms with Crippen molar-refractivity contribution in [1.29, 1.82) is 0 Å². The number of ether oxygens (including phenoxy) is 1. The Hall–Kier alpha value is -1.93. The average Bonchev–Trinajstić information content (AvgIpc) is 2.84. The van der Waals surface area contributed by atoms with Gasteiger partial charge in [0, 0.05) is 0 Å². The minimum atomic E-state index is -1.12. The van der Waals surface area contributed by atoms with Crippen molar-refractivity contribution in [3.05, 3.63) is 22.4 Å². The van der Waals surface area contributed by atoms with Crippen molar-refractivity contribution in [2.24, 2.45) is 0 Å². The maximum absolute atomic E-state index is 11.7. The molecule has 2 rings (SSSR count). The summed E-state index contributed by atoms with van der Waals surface area (Å²) in [4.78, 5) is 33.3. The summed E-state index contributed by atoms with van der Waals surface area (Å²) in [5.74, 6) is -1.76. The smallest absolute Gasteiger partial charge is 0.329 e. The highest BCUT2D eigenvalue weighted by Gasteiger charge is 2.38. The molecule has 8 heteroatoms. The second-order valence-electron chi connectivity index (χ2n) is 3.97. The summed E-state index contributed by atoms with van der Waals surface area (Å²) in [6.07, 6.45) is -0.458. The van der Waals surface area contributed by atoms with Gasteiger partial charge in [0.25, 0.3) is 0 Å². The first kappa shape index (κ1) is 13.5. The Labute approximate surface area is 112 Å². The van der Waals surface area contributed by atoms with E-state index in [0.717, 1.165) is 10.6 Å². The summed E-state index contributed by atoms with van der Waals surface area (Å²) in [7, 11) is 0. The van der Waals surface area contributed by atoms with Crippen LogP contribution in [0.15, 0.2) is 16.8 Å². The molecule has 1 fully saturated rings. The van der Waals surface area contributed by atoms with Gasteiger partial charge in [-0.3, -0.25) is 15.0 Å². The van der Waals surface area contributed by atoms with E-state index in [-0.39, 0.29) is 24.7 Å². The molecule has 2 N–H and O–H groups in total. The van der Waals surface area contributed by atoms with E-state index in [0.29, 0.717) is 0 Å². The molecular weight excluding hydrogens is 272 g/mol. The zero-order chi connectivity index (χ0) is 13.8. The number of hydrogen-bond acceptors (Lipinski definition) is 5. The highest BCUT2D eigenvalue weighted by atomic mass is 32.1. The maximum Gasteiger partial charge on any atom is 0.329 e. The van der Waals surface area contributed by atoms with Crippen LogP contribution in [0.5, 0.6) is 0 Å². The van der Waals surface area contributed by atoms with Gasteiger partial charge in [-0.15, -0.1) is 0 Å². The van der Waals surface area contributed by atoms with E-state index < -0.39 is 18.8 Å². The summed E-state index contributed by atoms with van der Waals surface area (Å²) < 4.78 is 4.95. The molecule has 1 atom stereocenters. The van der Waals surface area contributed by atoms with Crippen LogP contribution in [0.1, 0.15) is 12.0 Å². The fourth-order valence-corrected chi connectivity index (χ4v) is 2.24. The van der Waals surface area contributed by atoms with E-state index in [1.54, 1.807) is 0 Å². The van der Waals surface area contributed by atoms with Crippen LogP contribution in [0.2, 0.25) is 0 Å². The lowest BCUT2D eigenvalue weighted by Gasteiger charge is -2.38. The molecular formula is C11H12N2O5S. The number of carbonyl (C=O) groups is 3.